The van der Waals surface area contributed by atoms with Crippen molar-refractivity contribution in [1.29, 1.82) is 0 Å². The molecular weight excluding hydrogens is 185 g/mol. The molecule has 4 N–H and O–H groups in total. The molecular formula is C7H14KNO3. The van der Waals surface area contributed by atoms with Gasteiger partial charge in [0.05, 0.1) is 0 Å². The number of rotatable bonds is 1. The molecule has 0 aromatic carbocycles. The van der Waals surface area contributed by atoms with Gasteiger partial charge in [-0.15, -0.1) is 0 Å². The van der Waals surface area contributed by atoms with E-state index in [4.69, 9.17) is 5.73 Å². The first-order chi connectivity index (χ1) is 4.70. The van der Waals surface area contributed by atoms with Crippen molar-refractivity contribution in [2.45, 2.75) is 31.7 Å². The van der Waals surface area contributed by atoms with Crippen LogP contribution in [0.3, 0.4) is 0 Å². The first-order valence-electron chi connectivity index (χ1n) is 3.66. The van der Waals surface area contributed by atoms with Crippen molar-refractivity contribution in [3.8, 4) is 0 Å². The first-order valence-corrected chi connectivity index (χ1v) is 3.66. The zero-order valence-electron chi connectivity index (χ0n) is 7.38. The van der Waals surface area contributed by atoms with Gasteiger partial charge in [-0.1, -0.05) is 0 Å². The molecule has 0 unspecified atom stereocenters. The van der Waals surface area contributed by atoms with Gasteiger partial charge >= 0.3 is 51.4 Å². The van der Waals surface area contributed by atoms with Crippen molar-refractivity contribution in [2.24, 2.45) is 11.7 Å². The third-order valence-electron chi connectivity index (χ3n) is 2.11. The Hall–Kier alpha value is 1.03. The van der Waals surface area contributed by atoms with E-state index in [1.165, 1.54) is 0 Å². The minimum absolute atomic E-state index is 0. The maximum absolute atomic E-state index is 10.3. The van der Waals surface area contributed by atoms with Crippen molar-refractivity contribution in [2.75, 3.05) is 0 Å². The van der Waals surface area contributed by atoms with Gasteiger partial charge < -0.3 is 21.1 Å². The molecule has 0 spiro atoms. The maximum Gasteiger partial charge on any atom is 1.00 e. The number of carbonyl (C=O) groups is 1. The van der Waals surface area contributed by atoms with E-state index in [0.717, 1.165) is 12.8 Å². The van der Waals surface area contributed by atoms with Gasteiger partial charge in [-0.05, 0) is 31.6 Å². The molecule has 4 nitrogen and oxygen atoms in total. The van der Waals surface area contributed by atoms with Crippen LogP contribution >= 0.6 is 0 Å². The number of nitrogens with two attached hydrogens (primary N) is 1. The van der Waals surface area contributed by atoms with E-state index < -0.39 is 5.97 Å². The van der Waals surface area contributed by atoms with Crippen molar-refractivity contribution in [3.05, 3.63) is 0 Å². The van der Waals surface area contributed by atoms with Crippen LogP contribution in [0.4, 0.5) is 0 Å². The minimum atomic E-state index is -0.910. The molecule has 0 bridgehead atoms. The smallest absolute Gasteiger partial charge is 0.550 e. The minimum Gasteiger partial charge on any atom is -0.550 e. The van der Waals surface area contributed by atoms with E-state index in [9.17, 15) is 9.90 Å². The quantitative estimate of drug-likeness (QED) is 0.430. The second kappa shape index (κ2) is 7.43. The molecule has 0 aromatic rings. The van der Waals surface area contributed by atoms with Crippen molar-refractivity contribution in [1.82, 2.24) is 0 Å². The second-order valence-corrected chi connectivity index (χ2v) is 2.93. The number of hydrogen-bond donors (Lipinski definition) is 1. The Morgan fingerprint density at radius 1 is 1.25 bits per heavy atom. The predicted octanol–water partition coefficient (Wildman–Crippen LogP) is -4.57. The Kier molecular flexibility index (Phi) is 9.60. The predicted molar refractivity (Wildman–Crippen MR) is 38.6 cm³/mol. The molecule has 1 rings (SSSR count). The largest absolute Gasteiger partial charge is 1.00 e. The Morgan fingerprint density at radius 2 is 1.67 bits per heavy atom. The molecule has 0 heterocycles. The van der Waals surface area contributed by atoms with E-state index in [-0.39, 0.29) is 68.8 Å². The molecule has 0 atom stereocenters. The fraction of sp³-hybridized carbons (Fsp3) is 0.857. The SMILES string of the molecule is NC1CCC(C(=O)[O-])CC1.O.[K+]. The van der Waals surface area contributed by atoms with Crippen LogP contribution in [0.25, 0.3) is 0 Å². The Morgan fingerprint density at radius 3 is 2.00 bits per heavy atom. The number of carboxylic acids is 1. The Balaban J connectivity index is 0. The average molecular weight is 199 g/mol. The fourth-order valence-electron chi connectivity index (χ4n) is 1.35. The van der Waals surface area contributed by atoms with Crippen LogP contribution in [-0.4, -0.2) is 17.5 Å². The third kappa shape index (κ3) is 4.91. The summed E-state index contributed by atoms with van der Waals surface area (Å²) in [4.78, 5) is 10.3. The molecule has 0 amide bonds. The molecule has 0 aromatic heterocycles. The van der Waals surface area contributed by atoms with Crippen molar-refractivity contribution >= 4 is 5.97 Å². The third-order valence-corrected chi connectivity index (χ3v) is 2.11. The molecule has 5 heteroatoms. The molecule has 1 aliphatic carbocycles. The summed E-state index contributed by atoms with van der Waals surface area (Å²) in [6.45, 7) is 0. The molecule has 0 aliphatic heterocycles. The molecule has 1 aliphatic rings. The summed E-state index contributed by atoms with van der Waals surface area (Å²) in [5.74, 6) is -1.15. The van der Waals surface area contributed by atoms with E-state index >= 15 is 0 Å². The Bertz CT molecular complexity index is 135. The summed E-state index contributed by atoms with van der Waals surface area (Å²) in [5.41, 5.74) is 5.58. The van der Waals surface area contributed by atoms with Crippen LogP contribution in [-0.2, 0) is 4.79 Å². The molecule has 1 fully saturated rings. The van der Waals surface area contributed by atoms with E-state index in [1.807, 2.05) is 0 Å². The first kappa shape index (κ1) is 15.5. The molecule has 12 heavy (non-hydrogen) atoms. The van der Waals surface area contributed by atoms with Crippen LogP contribution in [0.5, 0.6) is 0 Å². The number of hydrogen-bond acceptors (Lipinski definition) is 3. The van der Waals surface area contributed by atoms with Gasteiger partial charge in [0.15, 0.2) is 0 Å². The van der Waals surface area contributed by atoms with E-state index in [0.29, 0.717) is 12.8 Å². The van der Waals surface area contributed by atoms with Crippen LogP contribution in [0, 0.1) is 5.92 Å². The van der Waals surface area contributed by atoms with Crippen LogP contribution in [0.1, 0.15) is 25.7 Å². The summed E-state index contributed by atoms with van der Waals surface area (Å²) in [6, 6.07) is 0.218. The topological polar surface area (TPSA) is 97.7 Å². The van der Waals surface area contributed by atoms with Crippen LogP contribution < -0.4 is 62.2 Å². The average Bonchev–Trinajstić information content (AvgIpc) is 1.88. The summed E-state index contributed by atoms with van der Waals surface area (Å²) >= 11 is 0. The number of aliphatic carboxylic acids is 1. The van der Waals surface area contributed by atoms with Gasteiger partial charge in [0.25, 0.3) is 0 Å². The van der Waals surface area contributed by atoms with Crippen LogP contribution in [0.2, 0.25) is 0 Å². The van der Waals surface area contributed by atoms with Gasteiger partial charge in [-0.25, -0.2) is 0 Å². The molecule has 66 valence electrons. The van der Waals surface area contributed by atoms with Crippen molar-refractivity contribution in [3.63, 3.8) is 0 Å². The number of carboxylic acid groups (broad SMARTS) is 1. The van der Waals surface area contributed by atoms with E-state index in [2.05, 4.69) is 0 Å². The van der Waals surface area contributed by atoms with Crippen molar-refractivity contribution < 1.29 is 66.8 Å². The summed E-state index contributed by atoms with van der Waals surface area (Å²) in [7, 11) is 0. The molecule has 0 radical (unpaired) electrons. The normalized spacial score (nSPS) is 28.1. The molecule has 1 saturated carbocycles. The zero-order chi connectivity index (χ0) is 7.56. The number of carbonyl (C=O) groups excluding carboxylic acids is 1. The summed E-state index contributed by atoms with van der Waals surface area (Å²) in [5, 5.41) is 10.3. The van der Waals surface area contributed by atoms with Crippen LogP contribution in [0.15, 0.2) is 0 Å². The maximum atomic E-state index is 10.3. The second-order valence-electron chi connectivity index (χ2n) is 2.93. The zero-order valence-corrected chi connectivity index (χ0v) is 10.5. The standard InChI is InChI=1S/C7H13NO2.K.H2O/c8-6-3-1-5(2-4-6)7(9)10;;/h5-6H,1-4,8H2,(H,9,10);;1H2/q;+1;/p-1. The van der Waals surface area contributed by atoms with Gasteiger partial charge in [-0.3, -0.25) is 0 Å². The summed E-state index contributed by atoms with van der Waals surface area (Å²) in [6.07, 6.45) is 3.06. The fourth-order valence-corrected chi connectivity index (χ4v) is 1.35. The summed E-state index contributed by atoms with van der Waals surface area (Å²) < 4.78 is 0. The van der Waals surface area contributed by atoms with E-state index in [1.54, 1.807) is 0 Å². The molecule has 0 saturated heterocycles. The van der Waals surface area contributed by atoms with Gasteiger partial charge in [0.1, 0.15) is 0 Å². The monoisotopic (exact) mass is 199 g/mol. The van der Waals surface area contributed by atoms with Gasteiger partial charge in [-0.2, -0.15) is 0 Å². The Labute approximate surface area is 115 Å². The van der Waals surface area contributed by atoms with Gasteiger partial charge in [0, 0.05) is 12.0 Å². The van der Waals surface area contributed by atoms with Gasteiger partial charge in [0.2, 0.25) is 0 Å².